The number of rotatable bonds is 5. The fourth-order valence-corrected chi connectivity index (χ4v) is 9.28. The zero-order chi connectivity index (χ0) is 36.3. The minimum atomic E-state index is 0.648. The van der Waals surface area contributed by atoms with Gasteiger partial charge in [-0.05, 0) is 78.8 Å². The van der Waals surface area contributed by atoms with Gasteiger partial charge in [-0.1, -0.05) is 164 Å². The van der Waals surface area contributed by atoms with Gasteiger partial charge < -0.3 is 0 Å². The molecule has 3 nitrogen and oxygen atoms in total. The highest BCUT2D eigenvalue weighted by Gasteiger charge is 2.18. The van der Waals surface area contributed by atoms with E-state index in [1.165, 1.54) is 69.2 Å². The van der Waals surface area contributed by atoms with Gasteiger partial charge in [0.1, 0.15) is 0 Å². The summed E-state index contributed by atoms with van der Waals surface area (Å²) in [6, 6.07) is 67.0. The third-order valence-electron chi connectivity index (χ3n) is 10.7. The Labute approximate surface area is 321 Å². The highest BCUT2D eigenvalue weighted by atomic mass is 32.1. The van der Waals surface area contributed by atoms with E-state index in [1.807, 2.05) is 72.0 Å². The fraction of sp³-hybridized carbons (Fsp3) is 0. The molecule has 0 unspecified atom stereocenters. The lowest BCUT2D eigenvalue weighted by molar-refractivity contribution is 1.07. The van der Waals surface area contributed by atoms with Gasteiger partial charge in [0.25, 0.3) is 0 Å². The van der Waals surface area contributed by atoms with Crippen molar-refractivity contribution in [2.24, 2.45) is 0 Å². The molecule has 9 aromatic carbocycles. The van der Waals surface area contributed by atoms with E-state index in [1.54, 1.807) is 0 Å². The lowest BCUT2D eigenvalue weighted by Crippen LogP contribution is -2.00. The van der Waals surface area contributed by atoms with Crippen LogP contribution in [0.4, 0.5) is 0 Å². The van der Waals surface area contributed by atoms with Crippen LogP contribution in [0.1, 0.15) is 0 Å². The van der Waals surface area contributed by atoms with Crippen molar-refractivity contribution in [2.75, 3.05) is 0 Å². The number of nitrogens with zero attached hydrogens (tertiary/aromatic N) is 3. The van der Waals surface area contributed by atoms with Crippen LogP contribution in [0.2, 0.25) is 0 Å². The van der Waals surface area contributed by atoms with E-state index < -0.39 is 0 Å². The van der Waals surface area contributed by atoms with Crippen molar-refractivity contribution >= 4 is 63.8 Å². The molecule has 2 aromatic heterocycles. The number of thiophene rings is 1. The normalized spacial score (nSPS) is 11.6. The smallest absolute Gasteiger partial charge is 0.164 e. The van der Waals surface area contributed by atoms with Crippen molar-refractivity contribution in [3.63, 3.8) is 0 Å². The van der Waals surface area contributed by atoms with E-state index >= 15 is 0 Å². The average Bonchev–Trinajstić information content (AvgIpc) is 3.65. The molecule has 0 saturated heterocycles. The minimum Gasteiger partial charge on any atom is -0.208 e. The molecule has 0 spiro atoms. The van der Waals surface area contributed by atoms with Crippen LogP contribution >= 0.6 is 11.3 Å². The van der Waals surface area contributed by atoms with Gasteiger partial charge in [-0.2, -0.15) is 0 Å². The predicted molar refractivity (Wildman–Crippen MR) is 232 cm³/mol. The van der Waals surface area contributed by atoms with Crippen LogP contribution in [-0.2, 0) is 0 Å². The van der Waals surface area contributed by atoms with Gasteiger partial charge in [0.2, 0.25) is 0 Å². The fourth-order valence-electron chi connectivity index (χ4n) is 8.15. The maximum Gasteiger partial charge on any atom is 0.164 e. The average molecular weight is 718 g/mol. The van der Waals surface area contributed by atoms with Crippen molar-refractivity contribution < 1.29 is 0 Å². The molecule has 0 amide bonds. The molecule has 0 aliphatic carbocycles. The Morgan fingerprint density at radius 2 is 0.709 bits per heavy atom. The highest BCUT2D eigenvalue weighted by Crippen LogP contribution is 2.46. The van der Waals surface area contributed by atoms with Crippen LogP contribution < -0.4 is 0 Å². The minimum absolute atomic E-state index is 0.648. The highest BCUT2D eigenvalue weighted by molar-refractivity contribution is 7.25. The lowest BCUT2D eigenvalue weighted by Gasteiger charge is -2.17. The van der Waals surface area contributed by atoms with Gasteiger partial charge in [-0.3, -0.25) is 0 Å². The van der Waals surface area contributed by atoms with Crippen LogP contribution in [0.15, 0.2) is 188 Å². The Balaban J connectivity index is 1.09. The lowest BCUT2D eigenvalue weighted by atomic mass is 9.87. The molecule has 0 aliphatic rings. The Bertz CT molecular complexity index is 3180. The molecule has 0 N–H and O–H groups in total. The van der Waals surface area contributed by atoms with Crippen molar-refractivity contribution in [3.05, 3.63) is 188 Å². The quantitative estimate of drug-likeness (QED) is 0.166. The first kappa shape index (κ1) is 31.5. The first-order valence-corrected chi connectivity index (χ1v) is 19.3. The topological polar surface area (TPSA) is 38.7 Å². The van der Waals surface area contributed by atoms with Gasteiger partial charge in [-0.15, -0.1) is 11.3 Å². The van der Waals surface area contributed by atoms with Crippen LogP contribution in [0.5, 0.6) is 0 Å². The number of aromatic nitrogens is 3. The molecule has 11 rings (SSSR count). The molecule has 0 atom stereocenters. The molecular weight excluding hydrogens is 687 g/mol. The number of hydrogen-bond donors (Lipinski definition) is 0. The molecule has 0 aliphatic heterocycles. The van der Waals surface area contributed by atoms with E-state index in [4.69, 9.17) is 15.0 Å². The SMILES string of the molecule is c1ccc(-c2nc(-c3ccccc3)nc(-c3ccc(-c4cc5c6ccccc6c(-c6cccc7sc8ccccc8c67)cc5c5ccccc45)cc3)n2)cc1. The monoisotopic (exact) mass is 717 g/mol. The second-order valence-electron chi connectivity index (χ2n) is 13.9. The number of benzene rings is 9. The molecule has 0 radical (unpaired) electrons. The molecule has 256 valence electrons. The number of hydrogen-bond acceptors (Lipinski definition) is 4. The zero-order valence-electron chi connectivity index (χ0n) is 29.6. The van der Waals surface area contributed by atoms with Crippen molar-refractivity contribution in [1.82, 2.24) is 15.0 Å². The van der Waals surface area contributed by atoms with E-state index in [0.717, 1.165) is 22.3 Å². The predicted octanol–water partition coefficient (Wildman–Crippen LogP) is 14.0. The summed E-state index contributed by atoms with van der Waals surface area (Å²) < 4.78 is 2.64. The second kappa shape index (κ2) is 12.8. The Kier molecular flexibility index (Phi) is 7.35. The summed E-state index contributed by atoms with van der Waals surface area (Å²) in [5, 5.41) is 10.1. The van der Waals surface area contributed by atoms with Crippen molar-refractivity contribution in [1.29, 1.82) is 0 Å². The van der Waals surface area contributed by atoms with Gasteiger partial charge in [0, 0.05) is 36.9 Å². The van der Waals surface area contributed by atoms with E-state index in [2.05, 4.69) is 127 Å². The summed E-state index contributed by atoms with van der Waals surface area (Å²) in [6.45, 7) is 0. The van der Waals surface area contributed by atoms with Gasteiger partial charge >= 0.3 is 0 Å². The first-order valence-electron chi connectivity index (χ1n) is 18.5. The molecule has 4 heteroatoms. The zero-order valence-corrected chi connectivity index (χ0v) is 30.5. The summed E-state index contributed by atoms with van der Waals surface area (Å²) in [6.07, 6.45) is 0. The third-order valence-corrected chi connectivity index (χ3v) is 11.9. The van der Waals surface area contributed by atoms with Crippen LogP contribution in [0.25, 0.3) is 109 Å². The Morgan fingerprint density at radius 1 is 0.273 bits per heavy atom. The van der Waals surface area contributed by atoms with Gasteiger partial charge in [0.15, 0.2) is 17.5 Å². The molecule has 11 aromatic rings. The maximum absolute atomic E-state index is 4.97. The van der Waals surface area contributed by atoms with Gasteiger partial charge in [0.05, 0.1) is 0 Å². The Hall–Kier alpha value is -7.01. The van der Waals surface area contributed by atoms with Crippen molar-refractivity contribution in [2.45, 2.75) is 0 Å². The molecule has 55 heavy (non-hydrogen) atoms. The summed E-state index contributed by atoms with van der Waals surface area (Å²) >= 11 is 1.87. The van der Waals surface area contributed by atoms with Crippen LogP contribution in [0.3, 0.4) is 0 Å². The Morgan fingerprint density at radius 3 is 1.31 bits per heavy atom. The van der Waals surface area contributed by atoms with Crippen LogP contribution in [-0.4, -0.2) is 15.0 Å². The molecule has 0 fully saturated rings. The van der Waals surface area contributed by atoms with E-state index in [0.29, 0.717) is 17.5 Å². The summed E-state index contributed by atoms with van der Waals surface area (Å²) in [7, 11) is 0. The largest absolute Gasteiger partial charge is 0.208 e. The summed E-state index contributed by atoms with van der Waals surface area (Å²) in [5.74, 6) is 1.96. The molecule has 0 bridgehead atoms. The van der Waals surface area contributed by atoms with E-state index in [-0.39, 0.29) is 0 Å². The third kappa shape index (κ3) is 5.30. The molecular formula is C51H31N3S. The molecule has 0 saturated carbocycles. The number of fused-ring (bicyclic) bond motifs is 8. The maximum atomic E-state index is 4.97. The summed E-state index contributed by atoms with van der Waals surface area (Å²) in [4.78, 5) is 14.8. The molecule has 2 heterocycles. The van der Waals surface area contributed by atoms with Crippen LogP contribution in [0, 0.1) is 0 Å². The van der Waals surface area contributed by atoms with E-state index in [9.17, 15) is 0 Å². The van der Waals surface area contributed by atoms with Crippen molar-refractivity contribution in [3.8, 4) is 56.4 Å². The van der Waals surface area contributed by atoms with Gasteiger partial charge in [-0.25, -0.2) is 15.0 Å². The second-order valence-corrected chi connectivity index (χ2v) is 15.0. The standard InChI is InChI=1S/C51H31N3S/c1-3-14-33(15-4-1)49-52-50(34-16-5-2-6-17-34)54-51(53-49)35-28-26-32(27-29-35)42-30-44-39-21-10-9-20-38(39)43(31-45(44)37-19-8-7-18-36(37)42)40-23-13-25-47-48(40)41-22-11-12-24-46(41)55-47/h1-31H. The first-order chi connectivity index (χ1) is 27.3. The summed E-state index contributed by atoms with van der Waals surface area (Å²) in [5.41, 5.74) is 7.74.